The summed E-state index contributed by atoms with van der Waals surface area (Å²) >= 11 is 0. The molecule has 5 heteroatoms. The monoisotopic (exact) mass is 387 g/mol. The fourth-order valence-corrected chi connectivity index (χ4v) is 4.87. The number of fused-ring (bicyclic) bond motifs is 2. The molecule has 2 atom stereocenters. The predicted octanol–water partition coefficient (Wildman–Crippen LogP) is 4.10. The molecule has 2 aromatic carbocycles. The van der Waals surface area contributed by atoms with Gasteiger partial charge in [-0.05, 0) is 48.2 Å². The van der Waals surface area contributed by atoms with Crippen LogP contribution in [0.5, 0.6) is 5.75 Å². The van der Waals surface area contributed by atoms with E-state index in [0.717, 1.165) is 11.1 Å². The Morgan fingerprint density at radius 1 is 0.897 bits per heavy atom. The van der Waals surface area contributed by atoms with E-state index in [9.17, 15) is 14.4 Å². The molecule has 2 aromatic rings. The maximum atomic E-state index is 13.1. The lowest BCUT2D eigenvalue weighted by atomic mass is 9.65. The molecule has 146 valence electrons. The summed E-state index contributed by atoms with van der Waals surface area (Å²) in [5, 5.41) is 8.90. The van der Waals surface area contributed by atoms with Crippen LogP contribution in [0.25, 0.3) is 11.1 Å². The van der Waals surface area contributed by atoms with Gasteiger partial charge < -0.3 is 4.74 Å². The second-order valence-corrected chi connectivity index (χ2v) is 8.62. The molecule has 0 radical (unpaired) electrons. The van der Waals surface area contributed by atoms with Crippen LogP contribution in [0.1, 0.15) is 39.2 Å². The molecule has 0 heterocycles. The Labute approximate surface area is 169 Å². The van der Waals surface area contributed by atoms with Crippen LogP contribution in [-0.2, 0) is 14.4 Å². The molecule has 2 bridgehead atoms. The SMILES string of the molecule is CC1(C)[C@]2(C(=O)Oc3ccc(-c4ccc(C#N)cc4)cc3)CC[C@]1(C)C(=O)C2=O. The van der Waals surface area contributed by atoms with Gasteiger partial charge in [-0.25, -0.2) is 0 Å². The van der Waals surface area contributed by atoms with Crippen molar-refractivity contribution in [3.63, 3.8) is 0 Å². The topological polar surface area (TPSA) is 84.2 Å². The Morgan fingerprint density at radius 3 is 1.93 bits per heavy atom. The average molecular weight is 387 g/mol. The van der Waals surface area contributed by atoms with Gasteiger partial charge in [-0.15, -0.1) is 0 Å². The van der Waals surface area contributed by atoms with Crippen molar-refractivity contribution in [2.24, 2.45) is 16.2 Å². The number of esters is 1. The summed E-state index contributed by atoms with van der Waals surface area (Å²) in [6.07, 6.45) is 0.848. The molecule has 0 saturated heterocycles. The Hall–Kier alpha value is -3.26. The van der Waals surface area contributed by atoms with Crippen LogP contribution in [0.15, 0.2) is 48.5 Å². The number of nitrogens with zero attached hydrogens (tertiary/aromatic N) is 1. The summed E-state index contributed by atoms with van der Waals surface area (Å²) in [6.45, 7) is 5.41. The Bertz CT molecular complexity index is 1080. The molecule has 0 spiro atoms. The molecule has 0 amide bonds. The summed E-state index contributed by atoms with van der Waals surface area (Å²) in [5.74, 6) is -1.39. The third-order valence-corrected chi connectivity index (χ3v) is 7.30. The van der Waals surface area contributed by atoms with Gasteiger partial charge in [0.2, 0.25) is 11.6 Å². The van der Waals surface area contributed by atoms with Gasteiger partial charge in [-0.1, -0.05) is 45.0 Å². The number of nitriles is 1. The van der Waals surface area contributed by atoms with Gasteiger partial charge in [0.05, 0.1) is 11.6 Å². The highest BCUT2D eigenvalue weighted by atomic mass is 16.5. The van der Waals surface area contributed by atoms with Crippen LogP contribution in [0.4, 0.5) is 0 Å². The summed E-state index contributed by atoms with van der Waals surface area (Å²) in [5.41, 5.74) is -0.584. The van der Waals surface area contributed by atoms with Gasteiger partial charge >= 0.3 is 5.97 Å². The van der Waals surface area contributed by atoms with E-state index >= 15 is 0 Å². The van der Waals surface area contributed by atoms with E-state index in [2.05, 4.69) is 6.07 Å². The second-order valence-electron chi connectivity index (χ2n) is 8.62. The summed E-state index contributed by atoms with van der Waals surface area (Å²) in [6, 6.07) is 16.2. The maximum absolute atomic E-state index is 13.1. The first kappa shape index (κ1) is 19.1. The normalized spacial score (nSPS) is 27.0. The lowest BCUT2D eigenvalue weighted by molar-refractivity contribution is -0.157. The molecule has 4 rings (SSSR count). The molecule has 29 heavy (non-hydrogen) atoms. The molecule has 5 nitrogen and oxygen atoms in total. The number of rotatable bonds is 3. The summed E-state index contributed by atoms with van der Waals surface area (Å²) in [7, 11) is 0. The molecule has 0 N–H and O–H groups in total. The predicted molar refractivity (Wildman–Crippen MR) is 106 cm³/mol. The van der Waals surface area contributed by atoms with E-state index in [1.54, 1.807) is 31.2 Å². The minimum Gasteiger partial charge on any atom is -0.426 e. The third-order valence-electron chi connectivity index (χ3n) is 7.30. The third kappa shape index (κ3) is 2.35. The molecule has 2 saturated carbocycles. The van der Waals surface area contributed by atoms with Crippen molar-refractivity contribution in [1.29, 1.82) is 5.26 Å². The van der Waals surface area contributed by atoms with Crippen LogP contribution in [0.3, 0.4) is 0 Å². The van der Waals surface area contributed by atoms with E-state index in [0.29, 0.717) is 24.2 Å². The number of hydrogen-bond donors (Lipinski definition) is 0. The number of ether oxygens (including phenoxy) is 1. The first-order chi connectivity index (χ1) is 13.7. The van der Waals surface area contributed by atoms with E-state index in [1.165, 1.54) is 0 Å². The average Bonchev–Trinajstić information content (AvgIpc) is 3.00. The molecule has 2 fully saturated rings. The fraction of sp³-hybridized carbons (Fsp3) is 0.333. The fourth-order valence-electron chi connectivity index (χ4n) is 4.87. The highest BCUT2D eigenvalue weighted by Gasteiger charge is 2.78. The zero-order valence-electron chi connectivity index (χ0n) is 16.6. The number of carbonyl (C=O) groups is 3. The van der Waals surface area contributed by atoms with Crippen molar-refractivity contribution in [3.8, 4) is 22.9 Å². The number of benzene rings is 2. The van der Waals surface area contributed by atoms with Crippen molar-refractivity contribution in [2.75, 3.05) is 0 Å². The van der Waals surface area contributed by atoms with Crippen molar-refractivity contribution in [2.45, 2.75) is 33.6 Å². The van der Waals surface area contributed by atoms with Crippen molar-refractivity contribution in [1.82, 2.24) is 0 Å². The standard InChI is InChI=1S/C24H21NO4/c1-22(2)23(3)12-13-24(22,20(27)19(23)26)21(28)29-18-10-8-17(9-11-18)16-6-4-15(14-25)5-7-16/h4-11H,12-13H2,1-3H3/t23-,24-/m1/s1. The van der Waals surface area contributed by atoms with Gasteiger partial charge in [-0.2, -0.15) is 5.26 Å². The first-order valence-corrected chi connectivity index (χ1v) is 9.59. The molecule has 0 aromatic heterocycles. The van der Waals surface area contributed by atoms with Crippen LogP contribution in [-0.4, -0.2) is 17.5 Å². The minimum absolute atomic E-state index is 0.332. The Morgan fingerprint density at radius 2 is 1.45 bits per heavy atom. The summed E-state index contributed by atoms with van der Waals surface area (Å²) in [4.78, 5) is 38.4. The summed E-state index contributed by atoms with van der Waals surface area (Å²) < 4.78 is 5.59. The highest BCUT2D eigenvalue weighted by molar-refractivity contribution is 6.48. The smallest absolute Gasteiger partial charge is 0.326 e. The number of ketones is 2. The number of carbonyl (C=O) groups excluding carboxylic acids is 3. The van der Waals surface area contributed by atoms with E-state index in [-0.39, 0.29) is 0 Å². The van der Waals surface area contributed by atoms with Gasteiger partial charge in [0.25, 0.3) is 0 Å². The van der Waals surface area contributed by atoms with Gasteiger partial charge in [-0.3, -0.25) is 14.4 Å². The second kappa shape index (κ2) is 6.12. The van der Waals surface area contributed by atoms with Crippen molar-refractivity contribution in [3.05, 3.63) is 54.1 Å². The van der Waals surface area contributed by atoms with Crippen molar-refractivity contribution < 1.29 is 19.1 Å². The van der Waals surface area contributed by atoms with Crippen LogP contribution < -0.4 is 4.74 Å². The van der Waals surface area contributed by atoms with Crippen molar-refractivity contribution >= 4 is 17.5 Å². The maximum Gasteiger partial charge on any atom is 0.326 e. The molecular weight excluding hydrogens is 366 g/mol. The first-order valence-electron chi connectivity index (χ1n) is 9.59. The Balaban J connectivity index is 1.58. The quantitative estimate of drug-likeness (QED) is 0.343. The minimum atomic E-state index is -1.41. The van der Waals surface area contributed by atoms with Gasteiger partial charge in [0.1, 0.15) is 11.2 Å². The zero-order chi connectivity index (χ0) is 21.0. The molecule has 2 aliphatic rings. The molecule has 2 aliphatic carbocycles. The lowest BCUT2D eigenvalue weighted by Crippen LogP contribution is -2.47. The Kier molecular flexibility index (Phi) is 4.02. The van der Waals surface area contributed by atoms with E-state index in [4.69, 9.17) is 10.00 Å². The van der Waals surface area contributed by atoms with Gasteiger partial charge in [0.15, 0.2) is 0 Å². The van der Waals surface area contributed by atoms with E-state index in [1.807, 2.05) is 38.1 Å². The molecular formula is C24H21NO4. The number of hydrogen-bond acceptors (Lipinski definition) is 5. The van der Waals surface area contributed by atoms with Crippen LogP contribution >= 0.6 is 0 Å². The molecule has 0 unspecified atom stereocenters. The largest absolute Gasteiger partial charge is 0.426 e. The lowest BCUT2D eigenvalue weighted by Gasteiger charge is -2.36. The zero-order valence-corrected chi connectivity index (χ0v) is 16.6. The number of Topliss-reactive ketones (excluding diaryl/α,β-unsaturated/α-hetero) is 2. The van der Waals surface area contributed by atoms with Crippen LogP contribution in [0, 0.1) is 27.6 Å². The molecule has 0 aliphatic heterocycles. The van der Waals surface area contributed by atoms with Crippen LogP contribution in [0.2, 0.25) is 0 Å². The van der Waals surface area contributed by atoms with Gasteiger partial charge in [0, 0.05) is 10.8 Å². The van der Waals surface area contributed by atoms with E-state index < -0.39 is 33.8 Å². The highest BCUT2D eigenvalue weighted by Crippen LogP contribution is 2.69.